The number of hydrogen-bond donors (Lipinski definition) is 2. The lowest BCUT2D eigenvalue weighted by atomic mass is 10.1. The van der Waals surface area contributed by atoms with E-state index in [1.54, 1.807) is 0 Å². The molecule has 2 rings (SSSR count). The van der Waals surface area contributed by atoms with Gasteiger partial charge < -0.3 is 5.32 Å². The first-order chi connectivity index (χ1) is 12.0. The Labute approximate surface area is 147 Å². The van der Waals surface area contributed by atoms with Gasteiger partial charge in [-0.1, -0.05) is 36.4 Å². The second-order valence-corrected chi connectivity index (χ2v) is 7.17. The summed E-state index contributed by atoms with van der Waals surface area (Å²) in [6.45, 7) is 0.129. The van der Waals surface area contributed by atoms with Gasteiger partial charge in [0.1, 0.15) is 0 Å². The molecule has 0 aliphatic carbocycles. The molecule has 0 aromatic heterocycles. The second kappa shape index (κ2) is 8.97. The molecule has 6 nitrogen and oxygen atoms in total. The van der Waals surface area contributed by atoms with Crippen LogP contribution in [0.1, 0.15) is 17.5 Å². The summed E-state index contributed by atoms with van der Waals surface area (Å²) in [5.74, 6) is -0.395. The normalized spacial score (nSPS) is 10.8. The maximum atomic E-state index is 12.1. The maximum absolute atomic E-state index is 12.1. The molecule has 0 spiro atoms. The molecule has 0 radical (unpaired) electrons. The number of benzene rings is 2. The van der Waals surface area contributed by atoms with Crippen molar-refractivity contribution >= 4 is 15.9 Å². The number of nitriles is 1. The molecule has 2 aromatic rings. The van der Waals surface area contributed by atoms with Crippen molar-refractivity contribution < 1.29 is 13.2 Å². The van der Waals surface area contributed by atoms with Gasteiger partial charge in [-0.15, -0.1) is 0 Å². The molecular weight excluding hydrogens is 338 g/mol. The lowest BCUT2D eigenvalue weighted by Gasteiger charge is -2.08. The van der Waals surface area contributed by atoms with E-state index in [1.165, 1.54) is 29.8 Å². The molecule has 130 valence electrons. The van der Waals surface area contributed by atoms with Crippen LogP contribution in [0.15, 0.2) is 59.5 Å². The number of nitrogens with zero attached hydrogens (tertiary/aromatic N) is 1. The predicted octanol–water partition coefficient (Wildman–Crippen LogP) is 1.59. The van der Waals surface area contributed by atoms with Gasteiger partial charge in [-0.3, -0.25) is 4.79 Å². The summed E-state index contributed by atoms with van der Waals surface area (Å²) in [6.07, 6.45) is 1.61. The highest BCUT2D eigenvalue weighted by atomic mass is 32.2. The summed E-state index contributed by atoms with van der Waals surface area (Å²) in [6, 6.07) is 17.4. The zero-order valence-electron chi connectivity index (χ0n) is 13.6. The lowest BCUT2D eigenvalue weighted by molar-refractivity contribution is -0.119. The Hall–Kier alpha value is -2.69. The monoisotopic (exact) mass is 357 g/mol. The number of aryl methyl sites for hydroxylation is 1. The molecule has 0 unspecified atom stereocenters. The zero-order valence-corrected chi connectivity index (χ0v) is 14.4. The largest absolute Gasteiger partial charge is 0.355 e. The Morgan fingerprint density at radius 1 is 1.08 bits per heavy atom. The summed E-state index contributed by atoms with van der Waals surface area (Å²) < 4.78 is 26.5. The van der Waals surface area contributed by atoms with Crippen LogP contribution in [0, 0.1) is 11.3 Å². The van der Waals surface area contributed by atoms with Crippen molar-refractivity contribution in [1.82, 2.24) is 10.0 Å². The summed E-state index contributed by atoms with van der Waals surface area (Å²) in [5, 5.41) is 11.5. The number of carbonyl (C=O) groups is 1. The van der Waals surface area contributed by atoms with Gasteiger partial charge in [-0.25, -0.2) is 13.1 Å². The Balaban J connectivity index is 1.76. The fourth-order valence-electron chi connectivity index (χ4n) is 2.20. The molecule has 0 bridgehead atoms. The van der Waals surface area contributed by atoms with Gasteiger partial charge in [0.2, 0.25) is 15.9 Å². The molecule has 0 saturated heterocycles. The van der Waals surface area contributed by atoms with Crippen LogP contribution in [0.25, 0.3) is 0 Å². The van der Waals surface area contributed by atoms with E-state index in [-0.39, 0.29) is 17.0 Å². The molecule has 0 fully saturated rings. The van der Waals surface area contributed by atoms with E-state index >= 15 is 0 Å². The first-order valence-electron chi connectivity index (χ1n) is 7.82. The van der Waals surface area contributed by atoms with Gasteiger partial charge in [0.05, 0.1) is 23.1 Å². The molecule has 7 heteroatoms. The topological polar surface area (TPSA) is 99.1 Å². The quantitative estimate of drug-likeness (QED) is 0.701. The summed E-state index contributed by atoms with van der Waals surface area (Å²) in [4.78, 5) is 11.7. The average molecular weight is 357 g/mol. The zero-order chi connectivity index (χ0) is 18.1. The van der Waals surface area contributed by atoms with E-state index in [0.29, 0.717) is 6.54 Å². The predicted molar refractivity (Wildman–Crippen MR) is 94.1 cm³/mol. The van der Waals surface area contributed by atoms with Crippen molar-refractivity contribution in [3.05, 3.63) is 65.7 Å². The summed E-state index contributed by atoms with van der Waals surface area (Å²) >= 11 is 0. The Morgan fingerprint density at radius 2 is 1.84 bits per heavy atom. The molecule has 2 aromatic carbocycles. The Bertz CT molecular complexity index is 859. The number of nitrogens with one attached hydrogen (secondary N) is 2. The van der Waals surface area contributed by atoms with Gasteiger partial charge >= 0.3 is 0 Å². The first kappa shape index (κ1) is 18.6. The van der Waals surface area contributed by atoms with Crippen molar-refractivity contribution in [3.8, 4) is 6.07 Å². The van der Waals surface area contributed by atoms with Crippen LogP contribution >= 0.6 is 0 Å². The van der Waals surface area contributed by atoms with Gasteiger partial charge in [-0.2, -0.15) is 5.26 Å². The minimum atomic E-state index is -3.82. The molecule has 0 atom stereocenters. The number of hydrogen-bond acceptors (Lipinski definition) is 4. The van der Waals surface area contributed by atoms with Crippen molar-refractivity contribution in [1.29, 1.82) is 5.26 Å². The van der Waals surface area contributed by atoms with Crippen LogP contribution in [-0.2, 0) is 21.2 Å². The molecule has 1 amide bonds. The van der Waals surface area contributed by atoms with E-state index in [4.69, 9.17) is 5.26 Å². The number of rotatable bonds is 8. The second-order valence-electron chi connectivity index (χ2n) is 5.40. The van der Waals surface area contributed by atoms with Crippen molar-refractivity contribution in [2.45, 2.75) is 17.7 Å². The van der Waals surface area contributed by atoms with Crippen LogP contribution in [0.5, 0.6) is 0 Å². The van der Waals surface area contributed by atoms with E-state index in [2.05, 4.69) is 10.0 Å². The fourth-order valence-corrected chi connectivity index (χ4v) is 3.23. The van der Waals surface area contributed by atoms with Crippen LogP contribution in [0.2, 0.25) is 0 Å². The average Bonchev–Trinajstić information content (AvgIpc) is 2.64. The summed E-state index contributed by atoms with van der Waals surface area (Å²) in [7, 11) is -3.82. The lowest BCUT2D eigenvalue weighted by Crippen LogP contribution is -2.37. The van der Waals surface area contributed by atoms with Crippen LogP contribution in [-0.4, -0.2) is 27.4 Å². The van der Waals surface area contributed by atoms with Crippen molar-refractivity contribution in [2.75, 3.05) is 13.1 Å². The maximum Gasteiger partial charge on any atom is 0.241 e. The third kappa shape index (κ3) is 6.03. The molecule has 0 heterocycles. The SMILES string of the molecule is N#Cc1cccc(S(=O)(=O)NCC(=O)NCCCc2ccccc2)c1. The first-order valence-corrected chi connectivity index (χ1v) is 9.30. The molecular formula is C18H19N3O3S. The number of amides is 1. The van der Waals surface area contributed by atoms with Crippen LogP contribution in [0.3, 0.4) is 0 Å². The van der Waals surface area contributed by atoms with E-state index < -0.39 is 15.9 Å². The van der Waals surface area contributed by atoms with Gasteiger partial charge in [0.25, 0.3) is 0 Å². The van der Waals surface area contributed by atoms with Crippen molar-refractivity contribution in [2.24, 2.45) is 0 Å². The Kier molecular flexibility index (Phi) is 6.69. The highest BCUT2D eigenvalue weighted by molar-refractivity contribution is 7.89. The highest BCUT2D eigenvalue weighted by Gasteiger charge is 2.15. The van der Waals surface area contributed by atoms with Gasteiger partial charge in [0.15, 0.2) is 0 Å². The molecule has 2 N–H and O–H groups in total. The molecule has 0 aliphatic heterocycles. The summed E-state index contributed by atoms with van der Waals surface area (Å²) in [5.41, 5.74) is 1.43. The van der Waals surface area contributed by atoms with Gasteiger partial charge in [0, 0.05) is 6.54 Å². The molecule has 0 saturated carbocycles. The van der Waals surface area contributed by atoms with Crippen LogP contribution in [0.4, 0.5) is 0 Å². The van der Waals surface area contributed by atoms with E-state index in [0.717, 1.165) is 12.8 Å². The van der Waals surface area contributed by atoms with Crippen molar-refractivity contribution in [3.63, 3.8) is 0 Å². The highest BCUT2D eigenvalue weighted by Crippen LogP contribution is 2.10. The third-order valence-electron chi connectivity index (χ3n) is 3.50. The third-order valence-corrected chi connectivity index (χ3v) is 4.90. The van der Waals surface area contributed by atoms with E-state index in [1.807, 2.05) is 36.4 Å². The fraction of sp³-hybridized carbons (Fsp3) is 0.222. The Morgan fingerprint density at radius 3 is 2.56 bits per heavy atom. The van der Waals surface area contributed by atoms with E-state index in [9.17, 15) is 13.2 Å². The smallest absolute Gasteiger partial charge is 0.241 e. The number of carbonyl (C=O) groups excluding carboxylic acids is 1. The number of sulfonamides is 1. The minimum absolute atomic E-state index is 0.0385. The molecule has 0 aliphatic rings. The molecule has 25 heavy (non-hydrogen) atoms. The van der Waals surface area contributed by atoms with Gasteiger partial charge in [-0.05, 0) is 36.6 Å². The standard InChI is InChI=1S/C18H19N3O3S/c19-13-16-8-4-10-17(12-16)25(23,24)21-14-18(22)20-11-5-9-15-6-2-1-3-7-15/h1-4,6-8,10,12,21H,5,9,11,14H2,(H,20,22). The minimum Gasteiger partial charge on any atom is -0.355 e. The van der Waals surface area contributed by atoms with Crippen LogP contribution < -0.4 is 10.0 Å².